The molecule has 0 radical (unpaired) electrons. The van der Waals surface area contributed by atoms with Gasteiger partial charge in [-0.15, -0.1) is 0 Å². The lowest BCUT2D eigenvalue weighted by Crippen LogP contribution is -2.38. The van der Waals surface area contributed by atoms with Crippen LogP contribution in [0.1, 0.15) is 24.2 Å². The highest BCUT2D eigenvalue weighted by Gasteiger charge is 2.32. The van der Waals surface area contributed by atoms with Gasteiger partial charge in [0.1, 0.15) is 0 Å². The monoisotopic (exact) mass is 244 g/mol. The summed E-state index contributed by atoms with van der Waals surface area (Å²) in [4.78, 5) is 0. The number of aryl methyl sites for hydroxylation is 2. The highest BCUT2D eigenvalue weighted by atomic mass is 35.5. The van der Waals surface area contributed by atoms with Gasteiger partial charge in [0.15, 0.2) is 0 Å². The van der Waals surface area contributed by atoms with E-state index < -0.39 is 5.60 Å². The average Bonchev–Trinajstić information content (AvgIpc) is 2.46. The lowest BCUT2D eigenvalue weighted by atomic mass is 9.89. The zero-order valence-corrected chi connectivity index (χ0v) is 10.4. The second-order valence-electron chi connectivity index (χ2n) is 4.48. The minimum absolute atomic E-state index is 0.548. The largest absolute Gasteiger partial charge is 0.389 e. The molecule has 0 aliphatic carbocycles. The van der Waals surface area contributed by atoms with E-state index in [1.54, 1.807) is 4.68 Å². The van der Waals surface area contributed by atoms with Crippen LogP contribution in [0.25, 0.3) is 0 Å². The van der Waals surface area contributed by atoms with E-state index in [9.17, 15) is 5.11 Å². The van der Waals surface area contributed by atoms with Crippen LogP contribution in [0.2, 0.25) is 5.02 Å². The van der Waals surface area contributed by atoms with Gasteiger partial charge in [0.2, 0.25) is 0 Å². The van der Waals surface area contributed by atoms with Gasteiger partial charge in [0.25, 0.3) is 0 Å². The number of nitrogens with zero attached hydrogens (tertiary/aromatic N) is 2. The van der Waals surface area contributed by atoms with Gasteiger partial charge in [0.05, 0.1) is 22.0 Å². The van der Waals surface area contributed by atoms with Crippen LogP contribution in [-0.2, 0) is 18.2 Å². The molecule has 0 spiro atoms. The van der Waals surface area contributed by atoms with Crippen LogP contribution in [0.15, 0.2) is 0 Å². The van der Waals surface area contributed by atoms with Gasteiger partial charge in [-0.2, -0.15) is 5.10 Å². The van der Waals surface area contributed by atoms with E-state index in [1.165, 1.54) is 0 Å². The second-order valence-corrected chi connectivity index (χ2v) is 4.86. The molecule has 0 bridgehead atoms. The molecule has 5 heteroatoms. The summed E-state index contributed by atoms with van der Waals surface area (Å²) < 4.78 is 7.01. The van der Waals surface area contributed by atoms with Crippen LogP contribution >= 0.6 is 11.6 Å². The first-order valence-electron chi connectivity index (χ1n) is 5.50. The number of rotatable bonds is 2. The Labute approximate surface area is 100 Å². The van der Waals surface area contributed by atoms with Crippen molar-refractivity contribution in [2.24, 2.45) is 7.05 Å². The number of aromatic nitrogens is 2. The molecule has 0 amide bonds. The van der Waals surface area contributed by atoms with Crippen LogP contribution in [-0.4, -0.2) is 33.7 Å². The third-order valence-electron chi connectivity index (χ3n) is 3.18. The maximum Gasteiger partial charge on any atom is 0.0848 e. The molecule has 4 nitrogen and oxygen atoms in total. The number of hydrogen-bond donors (Lipinski definition) is 1. The minimum atomic E-state index is -0.692. The molecule has 0 saturated carbocycles. The number of hydrogen-bond acceptors (Lipinski definition) is 3. The van der Waals surface area contributed by atoms with Crippen molar-refractivity contribution in [2.75, 3.05) is 13.2 Å². The van der Waals surface area contributed by atoms with Crippen LogP contribution in [0.3, 0.4) is 0 Å². The lowest BCUT2D eigenvalue weighted by Gasteiger charge is -2.32. The fourth-order valence-electron chi connectivity index (χ4n) is 2.11. The molecule has 1 aromatic rings. The smallest absolute Gasteiger partial charge is 0.0848 e. The van der Waals surface area contributed by atoms with E-state index in [0.29, 0.717) is 37.5 Å². The van der Waals surface area contributed by atoms with Crippen molar-refractivity contribution >= 4 is 11.6 Å². The van der Waals surface area contributed by atoms with Gasteiger partial charge in [-0.3, -0.25) is 4.68 Å². The Morgan fingerprint density at radius 3 is 2.62 bits per heavy atom. The molecule has 2 heterocycles. The minimum Gasteiger partial charge on any atom is -0.389 e. The van der Waals surface area contributed by atoms with Crippen molar-refractivity contribution in [1.29, 1.82) is 0 Å². The van der Waals surface area contributed by atoms with E-state index in [4.69, 9.17) is 16.3 Å². The summed E-state index contributed by atoms with van der Waals surface area (Å²) >= 11 is 6.17. The predicted molar refractivity (Wildman–Crippen MR) is 61.7 cm³/mol. The van der Waals surface area contributed by atoms with Gasteiger partial charge in [-0.25, -0.2) is 0 Å². The van der Waals surface area contributed by atoms with Crippen LogP contribution in [0, 0.1) is 6.92 Å². The molecule has 1 aromatic heterocycles. The first-order valence-corrected chi connectivity index (χ1v) is 5.88. The van der Waals surface area contributed by atoms with E-state index in [0.717, 1.165) is 11.4 Å². The standard InChI is InChI=1S/C11H17ClN2O2/c1-8-10(12)9(14(2)13-8)7-11(15)3-5-16-6-4-11/h15H,3-7H2,1-2H3. The molecule has 0 aromatic carbocycles. The Morgan fingerprint density at radius 2 is 2.12 bits per heavy atom. The summed E-state index contributed by atoms with van der Waals surface area (Å²) in [5.74, 6) is 0. The fraction of sp³-hybridized carbons (Fsp3) is 0.727. The molecule has 0 atom stereocenters. The van der Waals surface area contributed by atoms with Gasteiger partial charge < -0.3 is 9.84 Å². The summed E-state index contributed by atoms with van der Waals surface area (Å²) in [6, 6.07) is 0. The van der Waals surface area contributed by atoms with Crippen molar-refractivity contribution in [3.05, 3.63) is 16.4 Å². The van der Waals surface area contributed by atoms with E-state index in [2.05, 4.69) is 5.10 Å². The highest BCUT2D eigenvalue weighted by Crippen LogP contribution is 2.29. The van der Waals surface area contributed by atoms with E-state index >= 15 is 0 Å². The number of halogens is 1. The number of aliphatic hydroxyl groups is 1. The topological polar surface area (TPSA) is 47.3 Å². The molecule has 1 aliphatic heterocycles. The Bertz CT molecular complexity index is 384. The third kappa shape index (κ3) is 2.24. The fourth-order valence-corrected chi connectivity index (χ4v) is 2.34. The predicted octanol–water partition coefficient (Wildman–Crippen LogP) is 1.47. The van der Waals surface area contributed by atoms with Gasteiger partial charge >= 0.3 is 0 Å². The molecule has 1 N–H and O–H groups in total. The van der Waals surface area contributed by atoms with Crippen molar-refractivity contribution in [1.82, 2.24) is 9.78 Å². The molecule has 16 heavy (non-hydrogen) atoms. The van der Waals surface area contributed by atoms with Crippen LogP contribution < -0.4 is 0 Å². The Balaban J connectivity index is 2.19. The molecule has 1 aliphatic rings. The molecule has 90 valence electrons. The first kappa shape index (κ1) is 11.9. The van der Waals surface area contributed by atoms with Gasteiger partial charge in [-0.05, 0) is 19.8 Å². The summed E-state index contributed by atoms with van der Waals surface area (Å²) in [6.45, 7) is 3.11. The summed E-state index contributed by atoms with van der Waals surface area (Å²) in [5.41, 5.74) is 1.03. The average molecular weight is 245 g/mol. The van der Waals surface area contributed by atoms with Gasteiger partial charge in [0, 0.05) is 26.7 Å². The summed E-state index contributed by atoms with van der Waals surface area (Å²) in [5, 5.41) is 15.3. The van der Waals surface area contributed by atoms with Crippen molar-refractivity contribution in [2.45, 2.75) is 31.8 Å². The zero-order valence-electron chi connectivity index (χ0n) is 9.66. The normalized spacial score (nSPS) is 20.0. The SMILES string of the molecule is Cc1nn(C)c(CC2(O)CCOCC2)c1Cl. The molecule has 0 unspecified atom stereocenters. The Kier molecular flexibility index (Phi) is 3.24. The van der Waals surface area contributed by atoms with Crippen molar-refractivity contribution < 1.29 is 9.84 Å². The molecular weight excluding hydrogens is 228 g/mol. The Morgan fingerprint density at radius 1 is 1.50 bits per heavy atom. The highest BCUT2D eigenvalue weighted by molar-refractivity contribution is 6.31. The first-order chi connectivity index (χ1) is 7.52. The van der Waals surface area contributed by atoms with Crippen molar-refractivity contribution in [3.63, 3.8) is 0 Å². The lowest BCUT2D eigenvalue weighted by molar-refractivity contribution is -0.0634. The third-order valence-corrected chi connectivity index (χ3v) is 3.67. The molecule has 1 fully saturated rings. The molecule has 2 rings (SSSR count). The Hall–Kier alpha value is -0.580. The summed E-state index contributed by atoms with van der Waals surface area (Å²) in [6.07, 6.45) is 1.87. The molecular formula is C11H17ClN2O2. The van der Waals surface area contributed by atoms with Crippen molar-refractivity contribution in [3.8, 4) is 0 Å². The van der Waals surface area contributed by atoms with Crippen LogP contribution in [0.4, 0.5) is 0 Å². The molecule has 1 saturated heterocycles. The van der Waals surface area contributed by atoms with Gasteiger partial charge in [-0.1, -0.05) is 11.6 Å². The number of ether oxygens (including phenoxy) is 1. The maximum atomic E-state index is 10.4. The van der Waals surface area contributed by atoms with E-state index in [-0.39, 0.29) is 0 Å². The quantitative estimate of drug-likeness (QED) is 0.857. The van der Waals surface area contributed by atoms with E-state index in [1.807, 2.05) is 14.0 Å². The maximum absolute atomic E-state index is 10.4. The summed E-state index contributed by atoms with van der Waals surface area (Å²) in [7, 11) is 1.86. The van der Waals surface area contributed by atoms with Crippen LogP contribution in [0.5, 0.6) is 0 Å². The zero-order chi connectivity index (χ0) is 11.8. The second kappa shape index (κ2) is 4.35.